The number of hydrogen-bond acceptors (Lipinski definition) is 4. The van der Waals surface area contributed by atoms with E-state index in [1.54, 1.807) is 30.3 Å². The van der Waals surface area contributed by atoms with Gasteiger partial charge in [-0.15, -0.1) is 0 Å². The summed E-state index contributed by atoms with van der Waals surface area (Å²) in [5.74, 6) is -0.439. The first-order valence-electron chi connectivity index (χ1n) is 8.62. The van der Waals surface area contributed by atoms with Crippen LogP contribution in [-0.2, 0) is 11.3 Å². The number of ether oxygens (including phenoxy) is 1. The highest BCUT2D eigenvalue weighted by atomic mass is 35.5. The molecule has 5 nitrogen and oxygen atoms in total. The number of amides is 1. The largest absolute Gasteiger partial charge is 0.465 e. The quantitative estimate of drug-likeness (QED) is 0.725. The van der Waals surface area contributed by atoms with Crippen LogP contribution in [0.15, 0.2) is 42.5 Å². The van der Waals surface area contributed by atoms with Gasteiger partial charge in [-0.25, -0.2) is 4.79 Å². The zero-order chi connectivity index (χ0) is 19.4. The molecule has 0 aromatic heterocycles. The van der Waals surface area contributed by atoms with Crippen molar-refractivity contribution in [2.75, 3.05) is 33.3 Å². The van der Waals surface area contributed by atoms with Gasteiger partial charge in [-0.1, -0.05) is 29.3 Å². The molecule has 0 saturated carbocycles. The normalized spacial score (nSPS) is 14.9. The van der Waals surface area contributed by atoms with Crippen LogP contribution in [0.1, 0.15) is 26.3 Å². The topological polar surface area (TPSA) is 49.9 Å². The molecule has 7 heteroatoms. The van der Waals surface area contributed by atoms with Crippen molar-refractivity contribution in [3.63, 3.8) is 0 Å². The molecule has 3 rings (SSSR count). The van der Waals surface area contributed by atoms with Gasteiger partial charge in [0.1, 0.15) is 0 Å². The number of carbonyl (C=O) groups excluding carboxylic acids is 2. The second-order valence-corrected chi connectivity index (χ2v) is 7.20. The Morgan fingerprint density at radius 2 is 1.56 bits per heavy atom. The number of benzene rings is 2. The first-order chi connectivity index (χ1) is 13.0. The molecule has 0 unspecified atom stereocenters. The van der Waals surface area contributed by atoms with Crippen molar-refractivity contribution >= 4 is 35.1 Å². The minimum absolute atomic E-state index is 0.0272. The van der Waals surface area contributed by atoms with Gasteiger partial charge in [0.15, 0.2) is 0 Å². The predicted octanol–water partition coefficient (Wildman–Crippen LogP) is 3.74. The highest BCUT2D eigenvalue weighted by Crippen LogP contribution is 2.23. The third kappa shape index (κ3) is 4.80. The lowest BCUT2D eigenvalue weighted by Crippen LogP contribution is -2.48. The summed E-state index contributed by atoms with van der Waals surface area (Å²) in [6.07, 6.45) is 0. The van der Waals surface area contributed by atoms with E-state index in [1.165, 1.54) is 7.11 Å². The SMILES string of the molecule is COC(=O)c1ccc(C(=O)N2CCN(Cc3ccc(Cl)c(Cl)c3)CC2)cc1. The molecule has 0 spiro atoms. The highest BCUT2D eigenvalue weighted by molar-refractivity contribution is 6.42. The van der Waals surface area contributed by atoms with Crippen LogP contribution in [0.2, 0.25) is 10.0 Å². The molecule has 2 aromatic rings. The molecule has 142 valence electrons. The van der Waals surface area contributed by atoms with E-state index in [-0.39, 0.29) is 5.91 Å². The molecular weight excluding hydrogens is 387 g/mol. The van der Waals surface area contributed by atoms with Crippen LogP contribution in [0.5, 0.6) is 0 Å². The first kappa shape index (κ1) is 19.7. The number of methoxy groups -OCH3 is 1. The number of nitrogens with zero attached hydrogens (tertiary/aromatic N) is 2. The lowest BCUT2D eigenvalue weighted by atomic mass is 10.1. The minimum Gasteiger partial charge on any atom is -0.465 e. The fourth-order valence-corrected chi connectivity index (χ4v) is 3.38. The Hall–Kier alpha value is -2.08. The van der Waals surface area contributed by atoms with Gasteiger partial charge in [-0.3, -0.25) is 9.69 Å². The Labute approximate surface area is 168 Å². The molecule has 1 aliphatic heterocycles. The number of rotatable bonds is 4. The van der Waals surface area contributed by atoms with Crippen LogP contribution in [0.3, 0.4) is 0 Å². The van der Waals surface area contributed by atoms with E-state index >= 15 is 0 Å². The summed E-state index contributed by atoms with van der Waals surface area (Å²) in [6.45, 7) is 3.64. The Balaban J connectivity index is 1.56. The van der Waals surface area contributed by atoms with E-state index in [1.807, 2.05) is 17.0 Å². The molecule has 1 fully saturated rings. The summed E-state index contributed by atoms with van der Waals surface area (Å²) in [6, 6.07) is 12.2. The monoisotopic (exact) mass is 406 g/mol. The number of esters is 1. The summed E-state index contributed by atoms with van der Waals surface area (Å²) >= 11 is 12.0. The highest BCUT2D eigenvalue weighted by Gasteiger charge is 2.22. The molecule has 0 atom stereocenters. The molecule has 27 heavy (non-hydrogen) atoms. The number of piperazine rings is 1. The molecule has 2 aromatic carbocycles. The van der Waals surface area contributed by atoms with Crippen molar-refractivity contribution < 1.29 is 14.3 Å². The van der Waals surface area contributed by atoms with Crippen LogP contribution in [0.4, 0.5) is 0 Å². The van der Waals surface area contributed by atoms with Crippen LogP contribution >= 0.6 is 23.2 Å². The van der Waals surface area contributed by atoms with Crippen LogP contribution in [-0.4, -0.2) is 55.0 Å². The van der Waals surface area contributed by atoms with Crippen molar-refractivity contribution in [3.8, 4) is 0 Å². The minimum atomic E-state index is -0.412. The molecule has 1 saturated heterocycles. The average molecular weight is 407 g/mol. The van der Waals surface area contributed by atoms with Crippen LogP contribution < -0.4 is 0 Å². The number of carbonyl (C=O) groups is 2. The Bertz CT molecular complexity index is 832. The van der Waals surface area contributed by atoms with Crippen molar-refractivity contribution in [3.05, 3.63) is 69.2 Å². The lowest BCUT2D eigenvalue weighted by molar-refractivity contribution is 0.0596. The fraction of sp³-hybridized carbons (Fsp3) is 0.300. The smallest absolute Gasteiger partial charge is 0.337 e. The maximum absolute atomic E-state index is 12.7. The molecule has 0 aliphatic carbocycles. The predicted molar refractivity (Wildman–Crippen MR) is 105 cm³/mol. The summed E-state index contributed by atoms with van der Waals surface area (Å²) in [7, 11) is 1.33. The van der Waals surface area contributed by atoms with Gasteiger partial charge in [0.2, 0.25) is 0 Å². The third-order valence-corrected chi connectivity index (χ3v) is 5.34. The van der Waals surface area contributed by atoms with E-state index in [0.717, 1.165) is 25.2 Å². The van der Waals surface area contributed by atoms with Gasteiger partial charge < -0.3 is 9.64 Å². The third-order valence-electron chi connectivity index (χ3n) is 4.60. The van der Waals surface area contributed by atoms with E-state index < -0.39 is 5.97 Å². The van der Waals surface area contributed by atoms with E-state index in [4.69, 9.17) is 23.2 Å². The fourth-order valence-electron chi connectivity index (χ4n) is 3.05. The van der Waals surface area contributed by atoms with Crippen LogP contribution in [0.25, 0.3) is 0 Å². The van der Waals surface area contributed by atoms with Gasteiger partial charge in [0.05, 0.1) is 22.7 Å². The van der Waals surface area contributed by atoms with E-state index in [9.17, 15) is 9.59 Å². The van der Waals surface area contributed by atoms with Gasteiger partial charge >= 0.3 is 5.97 Å². The van der Waals surface area contributed by atoms with Gasteiger partial charge in [-0.05, 0) is 42.0 Å². The number of hydrogen-bond donors (Lipinski definition) is 0. The summed E-state index contributed by atoms with van der Waals surface area (Å²) in [5, 5.41) is 1.10. The molecular formula is C20H20Cl2N2O3. The van der Waals surface area contributed by atoms with Gasteiger partial charge in [0.25, 0.3) is 5.91 Å². The van der Waals surface area contributed by atoms with Crippen molar-refractivity contribution in [2.45, 2.75) is 6.54 Å². The van der Waals surface area contributed by atoms with E-state index in [2.05, 4.69) is 9.64 Å². The van der Waals surface area contributed by atoms with Crippen molar-refractivity contribution in [2.24, 2.45) is 0 Å². The molecule has 0 radical (unpaired) electrons. The zero-order valence-corrected chi connectivity index (χ0v) is 16.5. The molecule has 1 heterocycles. The van der Waals surface area contributed by atoms with E-state index in [0.29, 0.717) is 34.3 Å². The number of halogens is 2. The molecule has 1 aliphatic rings. The first-order valence-corrected chi connectivity index (χ1v) is 9.37. The van der Waals surface area contributed by atoms with Gasteiger partial charge in [0, 0.05) is 38.3 Å². The average Bonchev–Trinajstić information content (AvgIpc) is 2.70. The lowest BCUT2D eigenvalue weighted by Gasteiger charge is -2.34. The maximum Gasteiger partial charge on any atom is 0.337 e. The maximum atomic E-state index is 12.7. The Morgan fingerprint density at radius 1 is 0.926 bits per heavy atom. The Kier molecular flexibility index (Phi) is 6.37. The zero-order valence-electron chi connectivity index (χ0n) is 15.0. The van der Waals surface area contributed by atoms with Crippen LogP contribution in [0, 0.1) is 0 Å². The molecule has 0 bridgehead atoms. The van der Waals surface area contributed by atoms with Crippen molar-refractivity contribution in [1.82, 2.24) is 9.80 Å². The van der Waals surface area contributed by atoms with Crippen molar-refractivity contribution in [1.29, 1.82) is 0 Å². The summed E-state index contributed by atoms with van der Waals surface area (Å²) < 4.78 is 4.67. The standard InChI is InChI=1S/C20H20Cl2N2O3/c1-27-20(26)16-5-3-15(4-6-16)19(25)24-10-8-23(9-11-24)13-14-2-7-17(21)18(22)12-14/h2-7,12H,8-11,13H2,1H3. The summed E-state index contributed by atoms with van der Waals surface area (Å²) in [5.41, 5.74) is 2.10. The Morgan fingerprint density at radius 3 is 2.15 bits per heavy atom. The second-order valence-electron chi connectivity index (χ2n) is 6.39. The summed E-state index contributed by atoms with van der Waals surface area (Å²) in [4.78, 5) is 28.3. The second kappa shape index (κ2) is 8.74. The molecule has 0 N–H and O–H groups in total. The van der Waals surface area contributed by atoms with Gasteiger partial charge in [-0.2, -0.15) is 0 Å². The molecule has 1 amide bonds.